The van der Waals surface area contributed by atoms with Gasteiger partial charge in [0.25, 0.3) is 15.9 Å². The number of benzene rings is 2. The molecule has 1 aliphatic heterocycles. The monoisotopic (exact) mass is 474 g/mol. The third-order valence-corrected chi connectivity index (χ3v) is 7.32. The Labute approximate surface area is 190 Å². The first-order valence-corrected chi connectivity index (χ1v) is 11.9. The highest BCUT2D eigenvalue weighted by Crippen LogP contribution is 2.35. The van der Waals surface area contributed by atoms with Crippen LogP contribution in [-0.4, -0.2) is 42.7 Å². The lowest BCUT2D eigenvalue weighted by Gasteiger charge is -2.23. The molecular weight excluding hydrogens is 451 g/mol. The SMILES string of the molecule is CC(C(=O)Nc1ccc(S(=O)(=O)Nc2cccc(F)c2)cc1)N1C(=O)NC2(CCCC2)C1=O. The minimum absolute atomic E-state index is 0.0785. The number of carbonyl (C=O) groups excluding carboxylic acids is 3. The number of anilines is 2. The number of amides is 4. The lowest BCUT2D eigenvalue weighted by Crippen LogP contribution is -2.48. The van der Waals surface area contributed by atoms with Gasteiger partial charge in [-0.1, -0.05) is 18.9 Å². The van der Waals surface area contributed by atoms with Gasteiger partial charge >= 0.3 is 6.03 Å². The Morgan fingerprint density at radius 3 is 2.39 bits per heavy atom. The lowest BCUT2D eigenvalue weighted by atomic mass is 9.97. The van der Waals surface area contributed by atoms with E-state index in [0.29, 0.717) is 18.5 Å². The topological polar surface area (TPSA) is 125 Å². The summed E-state index contributed by atoms with van der Waals surface area (Å²) in [6.45, 7) is 1.46. The number of nitrogens with one attached hydrogen (secondary N) is 3. The summed E-state index contributed by atoms with van der Waals surface area (Å²) in [6.07, 6.45) is 2.79. The van der Waals surface area contributed by atoms with Crippen LogP contribution in [0.5, 0.6) is 0 Å². The molecule has 0 bridgehead atoms. The molecule has 1 spiro atoms. The second kappa shape index (κ2) is 8.47. The average molecular weight is 475 g/mol. The van der Waals surface area contributed by atoms with Crippen LogP contribution < -0.4 is 15.4 Å². The normalized spacial score (nSPS) is 18.3. The average Bonchev–Trinajstić information content (AvgIpc) is 3.32. The Kier molecular flexibility index (Phi) is 5.83. The quantitative estimate of drug-likeness (QED) is 0.556. The van der Waals surface area contributed by atoms with E-state index in [9.17, 15) is 27.2 Å². The number of sulfonamides is 1. The Balaban J connectivity index is 1.43. The molecule has 0 aromatic heterocycles. The molecular formula is C22H23FN4O5S. The molecule has 0 radical (unpaired) electrons. The number of halogens is 1. The highest BCUT2D eigenvalue weighted by Gasteiger charge is 2.54. The molecule has 1 saturated heterocycles. The first-order valence-electron chi connectivity index (χ1n) is 10.5. The molecule has 174 valence electrons. The maximum Gasteiger partial charge on any atom is 0.325 e. The van der Waals surface area contributed by atoms with Crippen molar-refractivity contribution in [2.24, 2.45) is 0 Å². The van der Waals surface area contributed by atoms with E-state index in [2.05, 4.69) is 15.4 Å². The zero-order chi connectivity index (χ0) is 23.8. The highest BCUT2D eigenvalue weighted by molar-refractivity contribution is 7.92. The fourth-order valence-corrected chi connectivity index (χ4v) is 5.21. The number of carbonyl (C=O) groups is 3. The minimum Gasteiger partial charge on any atom is -0.324 e. The Bertz CT molecular complexity index is 1210. The minimum atomic E-state index is -3.97. The van der Waals surface area contributed by atoms with Crippen LogP contribution in [-0.2, 0) is 19.6 Å². The zero-order valence-corrected chi connectivity index (χ0v) is 18.6. The van der Waals surface area contributed by atoms with E-state index >= 15 is 0 Å². The molecule has 2 fully saturated rings. The molecule has 1 unspecified atom stereocenters. The number of rotatable bonds is 6. The zero-order valence-electron chi connectivity index (χ0n) is 17.8. The molecule has 1 aliphatic carbocycles. The fourth-order valence-electron chi connectivity index (χ4n) is 4.16. The molecule has 33 heavy (non-hydrogen) atoms. The molecule has 1 heterocycles. The largest absolute Gasteiger partial charge is 0.325 e. The van der Waals surface area contributed by atoms with Crippen molar-refractivity contribution in [1.82, 2.24) is 10.2 Å². The second-order valence-electron chi connectivity index (χ2n) is 8.20. The number of nitrogens with zero attached hydrogens (tertiary/aromatic N) is 1. The molecule has 4 amide bonds. The van der Waals surface area contributed by atoms with Crippen molar-refractivity contribution in [3.8, 4) is 0 Å². The summed E-state index contributed by atoms with van der Waals surface area (Å²) in [7, 11) is -3.97. The molecule has 2 aromatic carbocycles. The van der Waals surface area contributed by atoms with Crippen molar-refractivity contribution in [1.29, 1.82) is 0 Å². The number of imide groups is 1. The maximum absolute atomic E-state index is 13.3. The van der Waals surface area contributed by atoms with Gasteiger partial charge in [0.05, 0.1) is 10.6 Å². The van der Waals surface area contributed by atoms with Crippen LogP contribution in [0.25, 0.3) is 0 Å². The predicted molar refractivity (Wildman–Crippen MR) is 118 cm³/mol. The molecule has 1 saturated carbocycles. The van der Waals surface area contributed by atoms with Gasteiger partial charge in [-0.2, -0.15) is 0 Å². The van der Waals surface area contributed by atoms with Crippen molar-refractivity contribution in [2.75, 3.05) is 10.0 Å². The molecule has 3 N–H and O–H groups in total. The van der Waals surface area contributed by atoms with Crippen molar-refractivity contribution < 1.29 is 27.2 Å². The lowest BCUT2D eigenvalue weighted by molar-refractivity contribution is -0.136. The molecule has 11 heteroatoms. The van der Waals surface area contributed by atoms with Gasteiger partial charge in [0, 0.05) is 5.69 Å². The van der Waals surface area contributed by atoms with E-state index in [1.165, 1.54) is 49.4 Å². The fraction of sp³-hybridized carbons (Fsp3) is 0.318. The van der Waals surface area contributed by atoms with Gasteiger partial charge in [-0.3, -0.25) is 14.3 Å². The first kappa shape index (κ1) is 22.7. The van der Waals surface area contributed by atoms with E-state index in [4.69, 9.17) is 0 Å². The second-order valence-corrected chi connectivity index (χ2v) is 9.88. The predicted octanol–water partition coefficient (Wildman–Crippen LogP) is 2.82. The van der Waals surface area contributed by atoms with E-state index in [1.54, 1.807) is 0 Å². The van der Waals surface area contributed by atoms with Gasteiger partial charge in [-0.25, -0.2) is 22.5 Å². The van der Waals surface area contributed by atoms with Crippen molar-refractivity contribution in [3.63, 3.8) is 0 Å². The summed E-state index contributed by atoms with van der Waals surface area (Å²) in [5.41, 5.74) is -0.537. The maximum atomic E-state index is 13.3. The molecule has 2 aromatic rings. The van der Waals surface area contributed by atoms with Crippen LogP contribution in [0.1, 0.15) is 32.6 Å². The van der Waals surface area contributed by atoms with Crippen molar-refractivity contribution in [3.05, 3.63) is 54.3 Å². The number of urea groups is 1. The van der Waals surface area contributed by atoms with Crippen molar-refractivity contribution >= 4 is 39.2 Å². The Morgan fingerprint density at radius 2 is 1.76 bits per heavy atom. The van der Waals surface area contributed by atoms with Gasteiger partial charge in [0.2, 0.25) is 5.91 Å². The van der Waals surface area contributed by atoms with Gasteiger partial charge in [0.1, 0.15) is 17.4 Å². The Hall–Kier alpha value is -3.47. The molecule has 9 nitrogen and oxygen atoms in total. The summed E-state index contributed by atoms with van der Waals surface area (Å²) in [5.74, 6) is -1.55. The van der Waals surface area contributed by atoms with Crippen LogP contribution in [0.15, 0.2) is 53.4 Å². The van der Waals surface area contributed by atoms with Crippen LogP contribution in [0.2, 0.25) is 0 Å². The number of hydrogen-bond donors (Lipinski definition) is 3. The van der Waals surface area contributed by atoms with Gasteiger partial charge < -0.3 is 10.6 Å². The molecule has 1 atom stereocenters. The number of hydrogen-bond acceptors (Lipinski definition) is 5. The van der Waals surface area contributed by atoms with E-state index in [-0.39, 0.29) is 10.6 Å². The van der Waals surface area contributed by atoms with E-state index < -0.39 is 45.3 Å². The van der Waals surface area contributed by atoms with Crippen molar-refractivity contribution in [2.45, 2.75) is 49.1 Å². The van der Waals surface area contributed by atoms with E-state index in [1.807, 2.05) is 0 Å². The molecule has 2 aliphatic rings. The summed E-state index contributed by atoms with van der Waals surface area (Å²) in [4.78, 5) is 38.8. The van der Waals surface area contributed by atoms with Crippen LogP contribution in [0, 0.1) is 5.82 Å². The van der Waals surface area contributed by atoms with Crippen LogP contribution in [0.3, 0.4) is 0 Å². The van der Waals surface area contributed by atoms with Gasteiger partial charge in [-0.05, 0) is 62.2 Å². The van der Waals surface area contributed by atoms with Crippen LogP contribution in [0.4, 0.5) is 20.6 Å². The van der Waals surface area contributed by atoms with Gasteiger partial charge in [0.15, 0.2) is 0 Å². The summed E-state index contributed by atoms with van der Waals surface area (Å²) in [6, 6.07) is 8.75. The smallest absolute Gasteiger partial charge is 0.324 e. The molecule has 4 rings (SSSR count). The standard InChI is InChI=1S/C22H23FN4O5S/c1-14(27-20(29)22(25-21(27)30)11-2-3-12-22)19(28)24-16-7-9-18(10-8-16)33(31,32)26-17-6-4-5-15(23)13-17/h4-10,13-14,26H,2-3,11-12H2,1H3,(H,24,28)(H,25,30). The highest BCUT2D eigenvalue weighted by atomic mass is 32.2. The summed E-state index contributed by atoms with van der Waals surface area (Å²) >= 11 is 0. The third-order valence-electron chi connectivity index (χ3n) is 5.93. The Morgan fingerprint density at radius 1 is 1.09 bits per heavy atom. The van der Waals surface area contributed by atoms with Gasteiger partial charge in [-0.15, -0.1) is 0 Å². The van der Waals surface area contributed by atoms with E-state index in [0.717, 1.165) is 23.8 Å². The van der Waals surface area contributed by atoms with Crippen LogP contribution >= 0.6 is 0 Å². The summed E-state index contributed by atoms with van der Waals surface area (Å²) in [5, 5.41) is 5.33. The third kappa shape index (κ3) is 4.40. The first-order chi connectivity index (χ1) is 15.6. The summed E-state index contributed by atoms with van der Waals surface area (Å²) < 4.78 is 40.6.